The number of hydrogen-bond acceptors (Lipinski definition) is 1. The van der Waals surface area contributed by atoms with Crippen molar-refractivity contribution in [2.24, 2.45) is 5.92 Å². The highest BCUT2D eigenvalue weighted by Crippen LogP contribution is 2.32. The molecule has 3 heteroatoms. The van der Waals surface area contributed by atoms with E-state index in [2.05, 4.69) is 29.2 Å². The Balaban J connectivity index is 1.52. The summed E-state index contributed by atoms with van der Waals surface area (Å²) in [5.74, 6) is -0.493. The van der Waals surface area contributed by atoms with Crippen LogP contribution >= 0.6 is 0 Å². The second-order valence-electron chi connectivity index (χ2n) is 6.94. The van der Waals surface area contributed by atoms with Crippen molar-refractivity contribution >= 4 is 5.69 Å². The van der Waals surface area contributed by atoms with Crippen LogP contribution < -0.4 is 4.90 Å². The minimum atomic E-state index is -0.502. The molecule has 1 aliphatic heterocycles. The molecule has 0 amide bonds. The molecule has 0 radical (unpaired) electrons. The number of nitrogens with zero attached hydrogens (tertiary/aromatic N) is 1. The van der Waals surface area contributed by atoms with E-state index in [9.17, 15) is 8.78 Å². The Morgan fingerprint density at radius 2 is 1.46 bits per heavy atom. The van der Waals surface area contributed by atoms with E-state index in [0.717, 1.165) is 25.9 Å². The zero-order valence-electron chi connectivity index (χ0n) is 14.5. The van der Waals surface area contributed by atoms with Gasteiger partial charge in [0.15, 0.2) is 0 Å². The second-order valence-corrected chi connectivity index (χ2v) is 6.94. The van der Waals surface area contributed by atoms with Crippen molar-refractivity contribution < 1.29 is 8.78 Å². The van der Waals surface area contributed by atoms with E-state index in [-0.39, 0.29) is 5.56 Å². The van der Waals surface area contributed by atoms with E-state index >= 15 is 0 Å². The lowest BCUT2D eigenvalue weighted by atomic mass is 9.99. The molecule has 3 aromatic carbocycles. The summed E-state index contributed by atoms with van der Waals surface area (Å²) in [5.41, 5.74) is 2.57. The molecular weight excluding hydrogens is 328 g/mol. The van der Waals surface area contributed by atoms with Crippen LogP contribution in [-0.2, 0) is 6.42 Å². The Hall–Kier alpha value is -2.68. The standard InChI is InChI=1S/C23H21F2N/c24-21-14-20(15-22(25)23(21)19-9-5-2-6-10-19)26-12-11-18(16-26)13-17-7-3-1-4-8-17/h1-10,14-15,18H,11-13,16H2/t18-/m1/s1. The molecule has 1 atom stereocenters. The highest BCUT2D eigenvalue weighted by Gasteiger charge is 2.24. The Morgan fingerprint density at radius 3 is 2.12 bits per heavy atom. The van der Waals surface area contributed by atoms with E-state index in [0.29, 0.717) is 17.2 Å². The molecule has 0 saturated carbocycles. The Morgan fingerprint density at radius 1 is 0.846 bits per heavy atom. The van der Waals surface area contributed by atoms with Gasteiger partial charge in [-0.3, -0.25) is 0 Å². The van der Waals surface area contributed by atoms with Crippen LogP contribution in [0, 0.1) is 17.6 Å². The Kier molecular flexibility index (Phi) is 4.70. The van der Waals surface area contributed by atoms with E-state index in [4.69, 9.17) is 0 Å². The lowest BCUT2D eigenvalue weighted by Gasteiger charge is -2.20. The topological polar surface area (TPSA) is 3.24 Å². The van der Waals surface area contributed by atoms with Crippen molar-refractivity contribution in [3.63, 3.8) is 0 Å². The maximum Gasteiger partial charge on any atom is 0.136 e. The lowest BCUT2D eigenvalue weighted by Crippen LogP contribution is -2.20. The van der Waals surface area contributed by atoms with Gasteiger partial charge < -0.3 is 4.90 Å². The Bertz CT molecular complexity index is 854. The molecule has 132 valence electrons. The third-order valence-corrected chi connectivity index (χ3v) is 5.11. The molecule has 0 aromatic heterocycles. The maximum atomic E-state index is 14.6. The first kappa shape index (κ1) is 16.8. The summed E-state index contributed by atoms with van der Waals surface area (Å²) in [6.45, 7) is 1.67. The van der Waals surface area contributed by atoms with Gasteiger partial charge in [-0.15, -0.1) is 0 Å². The smallest absolute Gasteiger partial charge is 0.136 e. The molecule has 1 fully saturated rings. The minimum Gasteiger partial charge on any atom is -0.371 e. The first-order valence-electron chi connectivity index (χ1n) is 9.04. The van der Waals surface area contributed by atoms with E-state index in [1.807, 2.05) is 12.1 Å². The molecule has 0 bridgehead atoms. The number of anilines is 1. The molecule has 0 aliphatic carbocycles. The first-order chi connectivity index (χ1) is 12.7. The van der Waals surface area contributed by atoms with Gasteiger partial charge in [-0.1, -0.05) is 60.7 Å². The quantitative estimate of drug-likeness (QED) is 0.584. The SMILES string of the molecule is Fc1cc(N2CC[C@H](Cc3ccccc3)C2)cc(F)c1-c1ccccc1. The molecule has 1 nitrogen and oxygen atoms in total. The van der Waals surface area contributed by atoms with Crippen LogP contribution in [0.1, 0.15) is 12.0 Å². The average Bonchev–Trinajstić information content (AvgIpc) is 3.11. The van der Waals surface area contributed by atoms with Crippen LogP contribution in [0.4, 0.5) is 14.5 Å². The molecule has 0 unspecified atom stereocenters. The van der Waals surface area contributed by atoms with Crippen molar-refractivity contribution in [1.29, 1.82) is 0 Å². The first-order valence-corrected chi connectivity index (χ1v) is 9.04. The number of rotatable bonds is 4. The van der Waals surface area contributed by atoms with Gasteiger partial charge in [0.2, 0.25) is 0 Å². The summed E-state index contributed by atoms with van der Waals surface area (Å²) >= 11 is 0. The van der Waals surface area contributed by atoms with Gasteiger partial charge in [-0.25, -0.2) is 8.78 Å². The lowest BCUT2D eigenvalue weighted by molar-refractivity contribution is 0.582. The van der Waals surface area contributed by atoms with Gasteiger partial charge in [-0.2, -0.15) is 0 Å². The highest BCUT2D eigenvalue weighted by molar-refractivity contribution is 5.68. The van der Waals surface area contributed by atoms with Crippen molar-refractivity contribution in [2.45, 2.75) is 12.8 Å². The summed E-state index contributed by atoms with van der Waals surface area (Å²) in [6.07, 6.45) is 2.04. The van der Waals surface area contributed by atoms with Gasteiger partial charge in [0.05, 0.1) is 5.56 Å². The van der Waals surface area contributed by atoms with Gasteiger partial charge >= 0.3 is 0 Å². The Labute approximate surface area is 152 Å². The zero-order chi connectivity index (χ0) is 17.9. The predicted octanol–water partition coefficient (Wildman–Crippen LogP) is 5.70. The molecule has 4 rings (SSSR count). The van der Waals surface area contributed by atoms with Crippen molar-refractivity contribution in [3.05, 3.63) is 90.0 Å². The normalized spacial score (nSPS) is 16.8. The second kappa shape index (κ2) is 7.28. The summed E-state index contributed by atoms with van der Waals surface area (Å²) in [7, 11) is 0. The van der Waals surface area contributed by atoms with E-state index < -0.39 is 11.6 Å². The third-order valence-electron chi connectivity index (χ3n) is 5.11. The van der Waals surface area contributed by atoms with Gasteiger partial charge in [0.1, 0.15) is 11.6 Å². The summed E-state index contributed by atoms with van der Waals surface area (Å²) in [6, 6.07) is 22.2. The van der Waals surface area contributed by atoms with Crippen molar-refractivity contribution in [3.8, 4) is 11.1 Å². The van der Waals surface area contributed by atoms with Gasteiger partial charge in [0, 0.05) is 18.8 Å². The van der Waals surface area contributed by atoms with Crippen LogP contribution in [-0.4, -0.2) is 13.1 Å². The van der Waals surface area contributed by atoms with Crippen LogP contribution in [0.25, 0.3) is 11.1 Å². The highest BCUT2D eigenvalue weighted by atomic mass is 19.1. The average molecular weight is 349 g/mol. The van der Waals surface area contributed by atoms with Crippen molar-refractivity contribution in [1.82, 2.24) is 0 Å². The molecule has 0 N–H and O–H groups in total. The summed E-state index contributed by atoms with van der Waals surface area (Å²) < 4.78 is 29.3. The molecule has 1 heterocycles. The van der Waals surface area contributed by atoms with E-state index in [1.165, 1.54) is 17.7 Å². The minimum absolute atomic E-state index is 0.0504. The predicted molar refractivity (Wildman–Crippen MR) is 102 cm³/mol. The van der Waals surface area contributed by atoms with E-state index in [1.54, 1.807) is 24.3 Å². The van der Waals surface area contributed by atoms with Crippen LogP contribution in [0.5, 0.6) is 0 Å². The maximum absolute atomic E-state index is 14.6. The zero-order valence-corrected chi connectivity index (χ0v) is 14.5. The number of halogens is 2. The van der Waals surface area contributed by atoms with Gasteiger partial charge in [0.25, 0.3) is 0 Å². The molecule has 26 heavy (non-hydrogen) atoms. The monoisotopic (exact) mass is 349 g/mol. The van der Waals surface area contributed by atoms with Crippen LogP contribution in [0.3, 0.4) is 0 Å². The fraction of sp³-hybridized carbons (Fsp3) is 0.217. The molecule has 3 aromatic rings. The van der Waals surface area contributed by atoms with Crippen molar-refractivity contribution in [2.75, 3.05) is 18.0 Å². The third kappa shape index (κ3) is 3.48. The number of benzene rings is 3. The fourth-order valence-corrected chi connectivity index (χ4v) is 3.80. The largest absolute Gasteiger partial charge is 0.371 e. The molecule has 1 aliphatic rings. The molecule has 1 saturated heterocycles. The van der Waals surface area contributed by atoms with Crippen LogP contribution in [0.2, 0.25) is 0 Å². The van der Waals surface area contributed by atoms with Gasteiger partial charge in [-0.05, 0) is 42.0 Å². The number of hydrogen-bond donors (Lipinski definition) is 0. The van der Waals surface area contributed by atoms with Crippen LogP contribution in [0.15, 0.2) is 72.8 Å². The molecular formula is C23H21F2N. The fourth-order valence-electron chi connectivity index (χ4n) is 3.80. The summed E-state index contributed by atoms with van der Waals surface area (Å²) in [5, 5.41) is 0. The molecule has 0 spiro atoms. The summed E-state index contributed by atoms with van der Waals surface area (Å²) in [4.78, 5) is 2.09.